The lowest BCUT2D eigenvalue weighted by Crippen LogP contribution is -2.26. The van der Waals surface area contributed by atoms with Crippen molar-refractivity contribution in [2.75, 3.05) is 17.7 Å². The van der Waals surface area contributed by atoms with E-state index in [2.05, 4.69) is 34.4 Å². The van der Waals surface area contributed by atoms with Crippen LogP contribution in [-0.4, -0.2) is 23.1 Å². The van der Waals surface area contributed by atoms with E-state index in [9.17, 15) is 0 Å². The van der Waals surface area contributed by atoms with Crippen molar-refractivity contribution in [3.8, 4) is 0 Å². The molecule has 0 aromatic carbocycles. The Kier molecular flexibility index (Phi) is 5.62. The minimum absolute atomic E-state index is 0.576. The zero-order valence-electron chi connectivity index (χ0n) is 13.1. The summed E-state index contributed by atoms with van der Waals surface area (Å²) in [5, 5.41) is 6.74. The van der Waals surface area contributed by atoms with Crippen molar-refractivity contribution in [3.05, 3.63) is 11.9 Å². The molecule has 4 nitrogen and oxygen atoms in total. The first-order valence-electron chi connectivity index (χ1n) is 8.07. The van der Waals surface area contributed by atoms with Crippen LogP contribution in [0.25, 0.3) is 0 Å². The third-order valence-electron chi connectivity index (χ3n) is 4.28. The van der Waals surface area contributed by atoms with Crippen molar-refractivity contribution >= 4 is 11.6 Å². The molecule has 1 aromatic rings. The molecule has 0 radical (unpaired) electrons. The largest absolute Gasteiger partial charge is 0.373 e. The van der Waals surface area contributed by atoms with Crippen LogP contribution < -0.4 is 10.6 Å². The van der Waals surface area contributed by atoms with Crippen LogP contribution in [0.15, 0.2) is 6.07 Å². The van der Waals surface area contributed by atoms with Crippen molar-refractivity contribution < 1.29 is 0 Å². The van der Waals surface area contributed by atoms with Gasteiger partial charge in [-0.25, -0.2) is 9.97 Å². The minimum atomic E-state index is 0.576. The molecular formula is C16H28N4. The first-order valence-corrected chi connectivity index (χ1v) is 8.07. The number of nitrogens with zero attached hydrogens (tertiary/aromatic N) is 2. The molecule has 112 valence electrons. The number of aromatic nitrogens is 2. The highest BCUT2D eigenvalue weighted by Crippen LogP contribution is 2.28. The van der Waals surface area contributed by atoms with Crippen LogP contribution in [0.4, 0.5) is 11.6 Å². The van der Waals surface area contributed by atoms with E-state index in [-0.39, 0.29) is 0 Å². The fraction of sp³-hybridized carbons (Fsp3) is 0.750. The Bertz CT molecular complexity index is 411. The Hall–Kier alpha value is -1.32. The molecule has 0 bridgehead atoms. The van der Waals surface area contributed by atoms with Gasteiger partial charge in [0.15, 0.2) is 0 Å². The number of nitrogens with one attached hydrogen (secondary N) is 2. The number of hydrogen-bond donors (Lipinski definition) is 2. The molecule has 1 heterocycles. The highest BCUT2D eigenvalue weighted by Gasteiger charge is 2.20. The summed E-state index contributed by atoms with van der Waals surface area (Å²) in [4.78, 5) is 9.14. The van der Waals surface area contributed by atoms with Crippen LogP contribution in [0.2, 0.25) is 0 Å². The monoisotopic (exact) mass is 276 g/mol. The van der Waals surface area contributed by atoms with Crippen molar-refractivity contribution in [3.63, 3.8) is 0 Å². The molecule has 4 heteroatoms. The topological polar surface area (TPSA) is 49.8 Å². The molecule has 0 atom stereocenters. The molecule has 20 heavy (non-hydrogen) atoms. The van der Waals surface area contributed by atoms with E-state index in [1.165, 1.54) is 32.1 Å². The zero-order chi connectivity index (χ0) is 14.4. The quantitative estimate of drug-likeness (QED) is 0.828. The maximum atomic E-state index is 4.64. The Labute approximate surface area is 122 Å². The fourth-order valence-corrected chi connectivity index (χ4v) is 2.96. The normalized spacial score (nSPS) is 22.6. The first-order chi connectivity index (χ1) is 9.75. The van der Waals surface area contributed by atoms with Gasteiger partial charge in [-0.05, 0) is 38.0 Å². The Morgan fingerprint density at radius 2 is 1.80 bits per heavy atom. The Morgan fingerprint density at radius 3 is 2.40 bits per heavy atom. The van der Waals surface area contributed by atoms with Crippen molar-refractivity contribution in [1.82, 2.24) is 9.97 Å². The number of anilines is 2. The molecule has 1 fully saturated rings. The van der Waals surface area contributed by atoms with E-state index >= 15 is 0 Å². The molecule has 2 N–H and O–H groups in total. The van der Waals surface area contributed by atoms with Crippen LogP contribution in [0.1, 0.15) is 58.2 Å². The van der Waals surface area contributed by atoms with Gasteiger partial charge in [0.25, 0.3) is 0 Å². The lowest BCUT2D eigenvalue weighted by atomic mass is 9.84. The molecule has 0 unspecified atom stereocenters. The molecule has 1 aliphatic carbocycles. The predicted molar refractivity (Wildman–Crippen MR) is 85.2 cm³/mol. The summed E-state index contributed by atoms with van der Waals surface area (Å²) in [6.07, 6.45) is 8.56. The van der Waals surface area contributed by atoms with Gasteiger partial charge in [0.1, 0.15) is 17.5 Å². The Morgan fingerprint density at radius 1 is 1.10 bits per heavy atom. The van der Waals surface area contributed by atoms with Gasteiger partial charge in [-0.3, -0.25) is 0 Å². The Balaban J connectivity index is 1.99. The van der Waals surface area contributed by atoms with Crippen molar-refractivity contribution in [2.45, 2.75) is 64.8 Å². The fourth-order valence-electron chi connectivity index (χ4n) is 2.96. The van der Waals surface area contributed by atoms with E-state index < -0.39 is 0 Å². The van der Waals surface area contributed by atoms with Crippen LogP contribution in [0.3, 0.4) is 0 Å². The number of hydrogen-bond acceptors (Lipinski definition) is 4. The summed E-state index contributed by atoms with van der Waals surface area (Å²) in [6, 6.07) is 2.59. The van der Waals surface area contributed by atoms with Crippen LogP contribution in [-0.2, 0) is 6.42 Å². The summed E-state index contributed by atoms with van der Waals surface area (Å²) >= 11 is 0. The average molecular weight is 276 g/mol. The molecule has 0 aliphatic heterocycles. The zero-order valence-corrected chi connectivity index (χ0v) is 13.1. The van der Waals surface area contributed by atoms with E-state index in [4.69, 9.17) is 0 Å². The van der Waals surface area contributed by atoms with Gasteiger partial charge in [0.05, 0.1) is 0 Å². The molecule has 0 saturated heterocycles. The van der Waals surface area contributed by atoms with Crippen LogP contribution in [0, 0.1) is 5.92 Å². The summed E-state index contributed by atoms with van der Waals surface area (Å²) in [5.41, 5.74) is 0. The molecule has 1 aromatic heterocycles. The molecule has 1 aliphatic rings. The highest BCUT2D eigenvalue weighted by atomic mass is 15.1. The maximum absolute atomic E-state index is 4.64. The molecule has 2 rings (SSSR count). The van der Waals surface area contributed by atoms with Gasteiger partial charge < -0.3 is 10.6 Å². The summed E-state index contributed by atoms with van der Waals surface area (Å²) < 4.78 is 0. The van der Waals surface area contributed by atoms with E-state index in [1.54, 1.807) is 0 Å². The van der Waals surface area contributed by atoms with Crippen molar-refractivity contribution in [1.29, 1.82) is 0 Å². The average Bonchev–Trinajstić information content (AvgIpc) is 2.48. The summed E-state index contributed by atoms with van der Waals surface area (Å²) in [7, 11) is 1.91. The molecule has 0 spiro atoms. The summed E-state index contributed by atoms with van der Waals surface area (Å²) in [5.74, 6) is 3.76. The second-order valence-corrected chi connectivity index (χ2v) is 5.82. The predicted octanol–water partition coefficient (Wildman–Crippen LogP) is 3.85. The summed E-state index contributed by atoms with van der Waals surface area (Å²) in [6.45, 7) is 4.47. The third kappa shape index (κ3) is 4.09. The van der Waals surface area contributed by atoms with Crippen molar-refractivity contribution in [2.24, 2.45) is 5.92 Å². The molecule has 0 amide bonds. The SMILES string of the molecule is CCCc1nc(NC)cc(NC2CCC(CC)CC2)n1. The van der Waals surface area contributed by atoms with Gasteiger partial charge in [0, 0.05) is 25.6 Å². The first kappa shape index (κ1) is 15.1. The third-order valence-corrected chi connectivity index (χ3v) is 4.28. The van der Waals surface area contributed by atoms with Gasteiger partial charge >= 0.3 is 0 Å². The van der Waals surface area contributed by atoms with E-state index in [1.807, 2.05) is 13.1 Å². The molecule has 1 saturated carbocycles. The minimum Gasteiger partial charge on any atom is -0.373 e. The second-order valence-electron chi connectivity index (χ2n) is 5.82. The van der Waals surface area contributed by atoms with Crippen LogP contribution >= 0.6 is 0 Å². The maximum Gasteiger partial charge on any atom is 0.133 e. The standard InChI is InChI=1S/C16H28N4/c1-4-6-14-19-15(17-3)11-16(20-14)18-13-9-7-12(5-2)8-10-13/h11-13H,4-10H2,1-3H3,(H2,17,18,19,20). The van der Waals surface area contributed by atoms with Gasteiger partial charge in [-0.1, -0.05) is 20.3 Å². The van der Waals surface area contributed by atoms with Crippen LogP contribution in [0.5, 0.6) is 0 Å². The second kappa shape index (κ2) is 7.46. The van der Waals surface area contributed by atoms with E-state index in [0.29, 0.717) is 6.04 Å². The lowest BCUT2D eigenvalue weighted by molar-refractivity contribution is 0.330. The lowest BCUT2D eigenvalue weighted by Gasteiger charge is -2.28. The number of rotatable bonds is 6. The number of aryl methyl sites for hydroxylation is 1. The highest BCUT2D eigenvalue weighted by molar-refractivity contribution is 5.47. The molecular weight excluding hydrogens is 248 g/mol. The van der Waals surface area contributed by atoms with Gasteiger partial charge in [0.2, 0.25) is 0 Å². The smallest absolute Gasteiger partial charge is 0.133 e. The van der Waals surface area contributed by atoms with Gasteiger partial charge in [-0.15, -0.1) is 0 Å². The van der Waals surface area contributed by atoms with Gasteiger partial charge in [-0.2, -0.15) is 0 Å². The van der Waals surface area contributed by atoms with E-state index in [0.717, 1.165) is 36.2 Å².